The molecule has 3 aromatic carbocycles. The molecule has 27 heavy (non-hydrogen) atoms. The Kier molecular flexibility index (Phi) is 4.36. The summed E-state index contributed by atoms with van der Waals surface area (Å²) in [6, 6.07) is 18.3. The first-order valence-corrected chi connectivity index (χ1v) is 8.88. The maximum absolute atomic E-state index is 14.0. The Morgan fingerprint density at radius 2 is 1.89 bits per heavy atom. The summed E-state index contributed by atoms with van der Waals surface area (Å²) < 4.78 is 14.0. The van der Waals surface area contributed by atoms with Crippen LogP contribution in [0.25, 0.3) is 10.8 Å². The highest BCUT2D eigenvalue weighted by Crippen LogP contribution is 2.32. The van der Waals surface area contributed by atoms with Crippen LogP contribution in [0, 0.1) is 18.7 Å². The third kappa shape index (κ3) is 3.28. The molecule has 0 bridgehead atoms. The number of hydrogen-bond acceptors (Lipinski definition) is 2. The highest BCUT2D eigenvalue weighted by atomic mass is 19.1. The molecule has 2 amide bonds. The molecule has 0 radical (unpaired) electrons. The number of rotatable bonds is 3. The van der Waals surface area contributed by atoms with Gasteiger partial charge in [0.1, 0.15) is 5.82 Å². The van der Waals surface area contributed by atoms with Crippen LogP contribution in [0.15, 0.2) is 60.7 Å². The first-order chi connectivity index (χ1) is 13.0. The second-order valence-corrected chi connectivity index (χ2v) is 6.88. The van der Waals surface area contributed by atoms with Crippen molar-refractivity contribution in [1.29, 1.82) is 0 Å². The number of aryl methyl sites for hydroxylation is 1. The van der Waals surface area contributed by atoms with Crippen LogP contribution in [0.2, 0.25) is 0 Å². The van der Waals surface area contributed by atoms with Gasteiger partial charge in [0.2, 0.25) is 11.8 Å². The molecule has 1 fully saturated rings. The Labute approximate surface area is 156 Å². The number of nitrogens with zero attached hydrogens (tertiary/aromatic N) is 1. The fourth-order valence-corrected chi connectivity index (χ4v) is 3.52. The third-order valence-corrected chi connectivity index (χ3v) is 4.94. The first-order valence-electron chi connectivity index (χ1n) is 8.88. The number of halogens is 1. The largest absolute Gasteiger partial charge is 0.323 e. The van der Waals surface area contributed by atoms with Crippen LogP contribution in [0.4, 0.5) is 15.8 Å². The lowest BCUT2D eigenvalue weighted by Crippen LogP contribution is -2.28. The minimum atomic E-state index is -0.517. The van der Waals surface area contributed by atoms with Crippen LogP contribution in [-0.4, -0.2) is 18.4 Å². The molecular formula is C22H19FN2O2. The number of nitrogens with one attached hydrogen (secondary N) is 1. The topological polar surface area (TPSA) is 49.4 Å². The fraction of sp³-hybridized carbons (Fsp3) is 0.182. The Morgan fingerprint density at radius 1 is 1.11 bits per heavy atom. The number of hydrogen-bond donors (Lipinski definition) is 1. The minimum absolute atomic E-state index is 0.101. The molecular weight excluding hydrogens is 343 g/mol. The summed E-state index contributed by atoms with van der Waals surface area (Å²) >= 11 is 0. The van der Waals surface area contributed by atoms with Gasteiger partial charge in [0, 0.05) is 18.4 Å². The monoisotopic (exact) mass is 362 g/mol. The number of carbonyl (C=O) groups is 2. The molecule has 1 aliphatic heterocycles. The van der Waals surface area contributed by atoms with E-state index in [1.54, 1.807) is 24.0 Å². The van der Waals surface area contributed by atoms with Crippen LogP contribution in [0.3, 0.4) is 0 Å². The SMILES string of the molecule is Cc1ccc(NC(=O)[C@H]2CC(=O)N(c3cccc4ccccc34)C2)c(F)c1. The van der Waals surface area contributed by atoms with Gasteiger partial charge in [-0.05, 0) is 36.1 Å². The molecule has 4 nitrogen and oxygen atoms in total. The number of fused-ring (bicyclic) bond motifs is 1. The van der Waals surface area contributed by atoms with E-state index in [0.29, 0.717) is 0 Å². The molecule has 4 rings (SSSR count). The quantitative estimate of drug-likeness (QED) is 0.756. The standard InChI is InChI=1S/C22H19FN2O2/c1-14-9-10-19(18(23)11-14)24-22(27)16-12-21(26)25(13-16)20-8-4-6-15-5-2-3-7-17(15)20/h2-11,16H,12-13H2,1H3,(H,24,27)/t16-/m0/s1. The van der Waals surface area contributed by atoms with Crippen LogP contribution < -0.4 is 10.2 Å². The number of amides is 2. The first kappa shape index (κ1) is 17.2. The fourth-order valence-electron chi connectivity index (χ4n) is 3.52. The summed E-state index contributed by atoms with van der Waals surface area (Å²) in [7, 11) is 0. The summed E-state index contributed by atoms with van der Waals surface area (Å²) in [5.74, 6) is -1.43. The molecule has 1 saturated heterocycles. The molecule has 0 aliphatic carbocycles. The number of benzene rings is 3. The van der Waals surface area contributed by atoms with Crippen LogP contribution in [-0.2, 0) is 9.59 Å². The summed E-state index contributed by atoms with van der Waals surface area (Å²) in [6.45, 7) is 2.07. The van der Waals surface area contributed by atoms with Crippen molar-refractivity contribution in [3.05, 3.63) is 72.0 Å². The normalized spacial score (nSPS) is 16.7. The Morgan fingerprint density at radius 3 is 2.70 bits per heavy atom. The van der Waals surface area contributed by atoms with Gasteiger partial charge < -0.3 is 10.2 Å². The molecule has 0 saturated carbocycles. The molecule has 0 spiro atoms. The molecule has 5 heteroatoms. The molecule has 0 aromatic heterocycles. The molecule has 136 valence electrons. The van der Waals surface area contributed by atoms with Gasteiger partial charge in [-0.2, -0.15) is 0 Å². The summed E-state index contributed by atoms with van der Waals surface area (Å²) in [6.07, 6.45) is 0.114. The zero-order valence-electron chi connectivity index (χ0n) is 14.9. The van der Waals surface area contributed by atoms with Crippen molar-refractivity contribution in [2.24, 2.45) is 5.92 Å². The highest BCUT2D eigenvalue weighted by Gasteiger charge is 2.35. The van der Waals surface area contributed by atoms with E-state index in [-0.39, 0.29) is 30.5 Å². The lowest BCUT2D eigenvalue weighted by Gasteiger charge is -2.19. The maximum atomic E-state index is 14.0. The summed E-state index contributed by atoms with van der Waals surface area (Å²) in [5, 5.41) is 4.63. The lowest BCUT2D eigenvalue weighted by atomic mass is 10.1. The predicted octanol–water partition coefficient (Wildman–Crippen LogP) is 4.28. The van der Waals surface area contributed by atoms with E-state index in [2.05, 4.69) is 5.32 Å². The molecule has 0 unspecified atom stereocenters. The van der Waals surface area contributed by atoms with E-state index in [9.17, 15) is 14.0 Å². The van der Waals surface area contributed by atoms with E-state index >= 15 is 0 Å². The van der Waals surface area contributed by atoms with Gasteiger partial charge in [-0.25, -0.2) is 4.39 Å². The minimum Gasteiger partial charge on any atom is -0.323 e. The van der Waals surface area contributed by atoms with Crippen molar-refractivity contribution in [3.8, 4) is 0 Å². The van der Waals surface area contributed by atoms with E-state index in [1.165, 1.54) is 6.07 Å². The van der Waals surface area contributed by atoms with Crippen molar-refractivity contribution in [3.63, 3.8) is 0 Å². The van der Waals surface area contributed by atoms with Gasteiger partial charge in [-0.1, -0.05) is 42.5 Å². The smallest absolute Gasteiger partial charge is 0.229 e. The van der Waals surface area contributed by atoms with Crippen LogP contribution in [0.1, 0.15) is 12.0 Å². The van der Waals surface area contributed by atoms with Crippen molar-refractivity contribution in [2.75, 3.05) is 16.8 Å². The molecule has 1 atom stereocenters. The Balaban J connectivity index is 1.56. The lowest BCUT2D eigenvalue weighted by molar-refractivity contribution is -0.122. The Hall–Kier alpha value is -3.21. The van der Waals surface area contributed by atoms with Gasteiger partial charge >= 0.3 is 0 Å². The van der Waals surface area contributed by atoms with Gasteiger partial charge in [0.05, 0.1) is 17.3 Å². The van der Waals surface area contributed by atoms with Crippen LogP contribution in [0.5, 0.6) is 0 Å². The zero-order chi connectivity index (χ0) is 19.0. The van der Waals surface area contributed by atoms with Gasteiger partial charge in [-0.3, -0.25) is 9.59 Å². The third-order valence-electron chi connectivity index (χ3n) is 4.94. The molecule has 1 N–H and O–H groups in total. The van der Waals surface area contributed by atoms with Gasteiger partial charge in [0.15, 0.2) is 0 Å². The van der Waals surface area contributed by atoms with E-state index < -0.39 is 11.7 Å². The zero-order valence-corrected chi connectivity index (χ0v) is 14.9. The highest BCUT2D eigenvalue weighted by molar-refractivity contribution is 6.08. The predicted molar refractivity (Wildman–Crippen MR) is 104 cm³/mol. The van der Waals surface area contributed by atoms with Crippen molar-refractivity contribution in [1.82, 2.24) is 0 Å². The molecule has 1 heterocycles. The maximum Gasteiger partial charge on any atom is 0.229 e. The van der Waals surface area contributed by atoms with E-state index in [4.69, 9.17) is 0 Å². The number of carbonyl (C=O) groups excluding carboxylic acids is 2. The van der Waals surface area contributed by atoms with Crippen molar-refractivity contribution in [2.45, 2.75) is 13.3 Å². The number of anilines is 2. The second-order valence-electron chi connectivity index (χ2n) is 6.88. The summed E-state index contributed by atoms with van der Waals surface area (Å²) in [4.78, 5) is 26.8. The van der Waals surface area contributed by atoms with E-state index in [1.807, 2.05) is 42.5 Å². The molecule has 1 aliphatic rings. The summed E-state index contributed by atoms with van der Waals surface area (Å²) in [5.41, 5.74) is 1.72. The van der Waals surface area contributed by atoms with E-state index in [0.717, 1.165) is 22.0 Å². The Bertz CT molecular complexity index is 1040. The molecule has 3 aromatic rings. The van der Waals surface area contributed by atoms with Gasteiger partial charge in [0.25, 0.3) is 0 Å². The average molecular weight is 362 g/mol. The average Bonchev–Trinajstić information content (AvgIpc) is 3.05. The van der Waals surface area contributed by atoms with Crippen molar-refractivity contribution < 1.29 is 14.0 Å². The second kappa shape index (κ2) is 6.83. The van der Waals surface area contributed by atoms with Gasteiger partial charge in [-0.15, -0.1) is 0 Å². The van der Waals surface area contributed by atoms with Crippen molar-refractivity contribution >= 4 is 34.0 Å². The van der Waals surface area contributed by atoms with Crippen LogP contribution >= 0.6 is 0 Å².